The fraction of sp³-hybridized carbons (Fsp3) is 0.200. The van der Waals surface area contributed by atoms with E-state index in [0.29, 0.717) is 0 Å². The van der Waals surface area contributed by atoms with Crippen LogP contribution in [0.3, 0.4) is 0 Å². The predicted molar refractivity (Wildman–Crippen MR) is 155 cm³/mol. The van der Waals surface area contributed by atoms with E-state index in [0.717, 1.165) is 27.8 Å². The zero-order chi connectivity index (χ0) is 24.6. The van der Waals surface area contributed by atoms with Crippen molar-refractivity contribution < 1.29 is 4.52 Å². The molecule has 5 rings (SSSR count). The predicted octanol–water partition coefficient (Wildman–Crippen LogP) is 9.53. The summed E-state index contributed by atoms with van der Waals surface area (Å²) in [6, 6.07) is 33.8. The highest BCUT2D eigenvalue weighted by molar-refractivity contribution is 9.10. The molecule has 0 unspecified atom stereocenters. The first-order chi connectivity index (χ1) is 16.8. The summed E-state index contributed by atoms with van der Waals surface area (Å²) in [5, 5.41) is 3.41. The van der Waals surface area contributed by atoms with Gasteiger partial charge in [-0.3, -0.25) is 0 Å². The lowest BCUT2D eigenvalue weighted by Gasteiger charge is -2.37. The summed E-state index contributed by atoms with van der Waals surface area (Å²) in [6.45, 7) is 9.85. The van der Waals surface area contributed by atoms with Crippen molar-refractivity contribution in [2.45, 2.75) is 39.4 Å². The Hall–Kier alpha value is -2.81. The molecular weight excluding hydrogens is 515 g/mol. The maximum atomic E-state index is 7.02. The van der Waals surface area contributed by atoms with Crippen LogP contribution in [-0.2, 0) is 6.54 Å². The van der Waals surface area contributed by atoms with Gasteiger partial charge in [-0.25, -0.2) is 4.74 Å². The van der Waals surface area contributed by atoms with E-state index in [-0.39, 0.29) is 5.16 Å². The first kappa shape index (κ1) is 23.9. The van der Waals surface area contributed by atoms with Crippen LogP contribution in [0.25, 0.3) is 21.8 Å². The third kappa shape index (κ3) is 4.35. The molecular formula is C30H30BrN2OP. The van der Waals surface area contributed by atoms with E-state index in [2.05, 4.69) is 103 Å². The van der Waals surface area contributed by atoms with Crippen molar-refractivity contribution >= 4 is 56.0 Å². The molecule has 1 atom stereocenters. The van der Waals surface area contributed by atoms with Crippen molar-refractivity contribution in [2.75, 3.05) is 0 Å². The number of aromatic nitrogens is 1. The number of hydrogen-bond donors (Lipinski definition) is 0. The van der Waals surface area contributed by atoms with Crippen LogP contribution < -0.4 is 9.83 Å². The SMILES string of the molecule is CCn1c2ccccc2c2cc([P@@](=Nc3ccccc3)(Oc3ccc(Br)cc3)C(C)(C)C)ccc21. The molecule has 5 heteroatoms. The van der Waals surface area contributed by atoms with Crippen LogP contribution in [0, 0.1) is 0 Å². The molecule has 0 N–H and O–H groups in total. The van der Waals surface area contributed by atoms with Gasteiger partial charge in [0.25, 0.3) is 0 Å². The Morgan fingerprint density at radius 2 is 1.46 bits per heavy atom. The van der Waals surface area contributed by atoms with Gasteiger partial charge in [-0.1, -0.05) is 73.1 Å². The lowest BCUT2D eigenvalue weighted by Crippen LogP contribution is -2.27. The molecule has 4 aromatic carbocycles. The number of benzene rings is 4. The van der Waals surface area contributed by atoms with Gasteiger partial charge < -0.3 is 9.09 Å². The smallest absolute Gasteiger partial charge is 0.173 e. The third-order valence-electron chi connectivity index (χ3n) is 6.40. The number of rotatable bonds is 5. The quantitative estimate of drug-likeness (QED) is 0.202. The molecule has 0 aliphatic heterocycles. The maximum Gasteiger partial charge on any atom is 0.173 e. The van der Waals surface area contributed by atoms with E-state index in [1.807, 2.05) is 42.5 Å². The largest absolute Gasteiger partial charge is 0.455 e. The van der Waals surface area contributed by atoms with Crippen LogP contribution in [0.1, 0.15) is 27.7 Å². The molecule has 5 aromatic rings. The molecule has 178 valence electrons. The fourth-order valence-corrected chi connectivity index (χ4v) is 8.02. The second-order valence-electron chi connectivity index (χ2n) is 9.69. The third-order valence-corrected chi connectivity index (χ3v) is 10.7. The molecule has 0 aliphatic rings. The topological polar surface area (TPSA) is 26.5 Å². The van der Waals surface area contributed by atoms with E-state index in [1.54, 1.807) is 0 Å². The number of aryl methyl sites for hydroxylation is 1. The summed E-state index contributed by atoms with van der Waals surface area (Å²) in [7, 11) is -2.57. The zero-order valence-corrected chi connectivity index (χ0v) is 23.1. The Bertz CT molecular complexity index is 1550. The monoisotopic (exact) mass is 544 g/mol. The van der Waals surface area contributed by atoms with Crippen molar-refractivity contribution in [1.82, 2.24) is 4.57 Å². The first-order valence-electron chi connectivity index (χ1n) is 12.0. The van der Waals surface area contributed by atoms with Gasteiger partial charge in [-0.2, -0.15) is 0 Å². The minimum Gasteiger partial charge on any atom is -0.455 e. The number of hydrogen-bond acceptors (Lipinski definition) is 2. The molecule has 0 fully saturated rings. The second kappa shape index (κ2) is 9.33. The van der Waals surface area contributed by atoms with Crippen LogP contribution in [0.2, 0.25) is 0 Å². The van der Waals surface area contributed by atoms with Gasteiger partial charge in [0.05, 0.1) is 5.69 Å². The summed E-state index contributed by atoms with van der Waals surface area (Å²) in [5.41, 5.74) is 3.44. The van der Waals surface area contributed by atoms with Crippen molar-refractivity contribution in [1.29, 1.82) is 0 Å². The van der Waals surface area contributed by atoms with Crippen molar-refractivity contribution in [3.63, 3.8) is 0 Å². The Balaban J connectivity index is 1.83. The van der Waals surface area contributed by atoms with Gasteiger partial charge in [0, 0.05) is 43.3 Å². The standard InChI is InChI=1S/C30H30BrN2OP/c1-5-33-28-14-10-9-13-26(28)27-21-25(19-20-29(27)33)35(30(2,3)4,32-23-11-7-6-8-12-23)34-24-17-15-22(31)16-18-24/h6-21H,5H2,1-4H3/t35-/m1/s1. The minimum atomic E-state index is -2.57. The first-order valence-corrected chi connectivity index (χ1v) is 14.4. The summed E-state index contributed by atoms with van der Waals surface area (Å²) in [6.07, 6.45) is 0. The van der Waals surface area contributed by atoms with E-state index in [1.165, 1.54) is 21.8 Å². The van der Waals surface area contributed by atoms with Crippen LogP contribution in [-0.4, -0.2) is 9.72 Å². The molecule has 0 saturated heterocycles. The highest BCUT2D eigenvalue weighted by atomic mass is 79.9. The molecule has 0 spiro atoms. The number of nitrogens with zero attached hydrogens (tertiary/aromatic N) is 2. The van der Waals surface area contributed by atoms with Crippen LogP contribution in [0.15, 0.2) is 106 Å². The average molecular weight is 545 g/mol. The molecule has 0 bridgehead atoms. The molecule has 3 nitrogen and oxygen atoms in total. The van der Waals surface area contributed by atoms with Crippen molar-refractivity contribution in [3.05, 3.63) is 102 Å². The Morgan fingerprint density at radius 3 is 2.14 bits per heavy atom. The number of fused-ring (bicyclic) bond motifs is 3. The highest BCUT2D eigenvalue weighted by Crippen LogP contribution is 2.62. The normalized spacial score (nSPS) is 13.6. The van der Waals surface area contributed by atoms with E-state index < -0.39 is 7.28 Å². The molecule has 0 saturated carbocycles. The molecule has 0 amide bonds. The summed E-state index contributed by atoms with van der Waals surface area (Å²) in [5.74, 6) is 0.826. The van der Waals surface area contributed by atoms with E-state index >= 15 is 0 Å². The number of halogens is 1. The van der Waals surface area contributed by atoms with Crippen LogP contribution >= 0.6 is 23.2 Å². The van der Waals surface area contributed by atoms with Gasteiger partial charge in [-0.15, -0.1) is 0 Å². The van der Waals surface area contributed by atoms with Gasteiger partial charge in [0.2, 0.25) is 0 Å². The Morgan fingerprint density at radius 1 is 0.800 bits per heavy atom. The minimum absolute atomic E-state index is 0.243. The Kier molecular flexibility index (Phi) is 6.38. The van der Waals surface area contributed by atoms with E-state index in [4.69, 9.17) is 9.27 Å². The lowest BCUT2D eigenvalue weighted by atomic mass is 10.1. The Labute approximate surface area is 216 Å². The van der Waals surface area contributed by atoms with Crippen molar-refractivity contribution in [3.8, 4) is 5.75 Å². The summed E-state index contributed by atoms with van der Waals surface area (Å²) in [4.78, 5) is 0. The highest BCUT2D eigenvalue weighted by Gasteiger charge is 2.39. The van der Waals surface area contributed by atoms with Crippen LogP contribution in [0.5, 0.6) is 5.75 Å². The molecule has 1 aromatic heterocycles. The molecule has 0 aliphatic carbocycles. The maximum absolute atomic E-state index is 7.02. The lowest BCUT2D eigenvalue weighted by molar-refractivity contribution is 0.571. The molecule has 0 radical (unpaired) electrons. The van der Waals surface area contributed by atoms with E-state index in [9.17, 15) is 0 Å². The average Bonchev–Trinajstić information content (AvgIpc) is 3.18. The summed E-state index contributed by atoms with van der Waals surface area (Å²) >= 11 is 3.55. The van der Waals surface area contributed by atoms with Crippen LogP contribution in [0.4, 0.5) is 5.69 Å². The molecule has 1 heterocycles. The fourth-order valence-electron chi connectivity index (χ4n) is 4.68. The van der Waals surface area contributed by atoms with Gasteiger partial charge in [0.15, 0.2) is 7.28 Å². The summed E-state index contributed by atoms with van der Waals surface area (Å²) < 4.78 is 15.9. The van der Waals surface area contributed by atoms with Gasteiger partial charge >= 0.3 is 0 Å². The van der Waals surface area contributed by atoms with Crippen molar-refractivity contribution in [2.24, 2.45) is 4.74 Å². The van der Waals surface area contributed by atoms with Gasteiger partial charge in [0.1, 0.15) is 5.75 Å². The molecule has 35 heavy (non-hydrogen) atoms. The van der Waals surface area contributed by atoms with Gasteiger partial charge in [-0.05, 0) is 67.6 Å². The zero-order valence-electron chi connectivity index (χ0n) is 20.6. The number of para-hydroxylation sites is 1. The second-order valence-corrected chi connectivity index (χ2v) is 14.0.